The Balaban J connectivity index is 1.74. The number of allylic oxidation sites excluding steroid dienone is 2. The second-order valence-electron chi connectivity index (χ2n) is 7.15. The number of carbonyl (C=O) groups excluding carboxylic acids is 2. The normalized spacial score (nSPS) is 21.4. The van der Waals surface area contributed by atoms with Gasteiger partial charge in [-0.05, 0) is 41.5 Å². The van der Waals surface area contributed by atoms with Crippen molar-refractivity contribution in [3.63, 3.8) is 0 Å². The third kappa shape index (κ3) is 2.94. The van der Waals surface area contributed by atoms with Crippen molar-refractivity contribution in [3.05, 3.63) is 96.0 Å². The second-order valence-corrected chi connectivity index (χ2v) is 7.15. The first-order valence-corrected chi connectivity index (χ1v) is 9.45. The van der Waals surface area contributed by atoms with Gasteiger partial charge in [-0.25, -0.2) is 0 Å². The van der Waals surface area contributed by atoms with Crippen molar-refractivity contribution in [2.45, 2.75) is 12.1 Å². The van der Waals surface area contributed by atoms with E-state index in [2.05, 4.69) is 6.58 Å². The van der Waals surface area contributed by atoms with Crippen molar-refractivity contribution in [1.82, 2.24) is 0 Å². The highest BCUT2D eigenvalue weighted by atomic mass is 16.9. The smallest absolute Gasteiger partial charge is 0.395 e. The van der Waals surface area contributed by atoms with Gasteiger partial charge in [0.05, 0.1) is 11.1 Å². The van der Waals surface area contributed by atoms with Crippen LogP contribution in [0, 0.1) is 0 Å². The average molecular weight is 416 g/mol. The maximum atomic E-state index is 13.2. The minimum atomic E-state index is -1.64. The summed E-state index contributed by atoms with van der Waals surface area (Å²) in [6.45, 7) is 3.69. The zero-order valence-corrected chi connectivity index (χ0v) is 16.1. The zero-order chi connectivity index (χ0) is 21.8. The van der Waals surface area contributed by atoms with Crippen LogP contribution in [0.4, 0.5) is 0 Å². The van der Waals surface area contributed by atoms with E-state index in [1.807, 2.05) is 0 Å². The van der Waals surface area contributed by atoms with Gasteiger partial charge in [-0.1, -0.05) is 30.3 Å². The molecular weight excluding hydrogens is 400 g/mol. The summed E-state index contributed by atoms with van der Waals surface area (Å²) in [5.41, 5.74) is 0.796. The van der Waals surface area contributed by atoms with Gasteiger partial charge in [0.1, 0.15) is 17.6 Å². The summed E-state index contributed by atoms with van der Waals surface area (Å²) >= 11 is 0. The van der Waals surface area contributed by atoms with Crippen LogP contribution in [0.2, 0.25) is 0 Å². The van der Waals surface area contributed by atoms with Gasteiger partial charge in [0.25, 0.3) is 0 Å². The van der Waals surface area contributed by atoms with E-state index in [0.29, 0.717) is 11.1 Å². The van der Waals surface area contributed by atoms with E-state index >= 15 is 0 Å². The Morgan fingerprint density at radius 2 is 1.26 bits per heavy atom. The van der Waals surface area contributed by atoms with Crippen LogP contribution in [0.1, 0.15) is 11.1 Å². The average Bonchev–Trinajstić information content (AvgIpc) is 3.34. The molecule has 31 heavy (non-hydrogen) atoms. The summed E-state index contributed by atoms with van der Waals surface area (Å²) in [4.78, 5) is 26.3. The number of aromatic hydroxyl groups is 2. The monoisotopic (exact) mass is 416 g/mol. The Hall–Kier alpha value is -4.10. The number of carbonyl (C=O) groups is 2. The fraction of sp³-hybridized carbons (Fsp3) is 0.0833. The maximum absolute atomic E-state index is 13.2. The van der Waals surface area contributed by atoms with Crippen molar-refractivity contribution in [1.29, 1.82) is 0 Å². The molecule has 0 amide bonds. The Bertz CT molecular complexity index is 1130. The Kier molecular flexibility index (Phi) is 4.09. The standard InChI is InChI=1S/C24H16O7/c1-2-17-11-12-24(29-17)30-22-18(13-3-7-15(25)8-4-13)20(27)21(28)19(23(22)31-24)14-5-9-16(26)10-6-14/h2-12,17,25-26H,1H2/t17-/m1/s1. The number of phenols is 2. The minimum absolute atomic E-state index is 0.0125. The number of hydrogen-bond acceptors (Lipinski definition) is 7. The number of fused-ring (bicyclic) bond motifs is 1. The molecule has 0 saturated carbocycles. The van der Waals surface area contributed by atoms with E-state index in [9.17, 15) is 19.8 Å². The van der Waals surface area contributed by atoms with E-state index < -0.39 is 23.6 Å². The predicted molar refractivity (Wildman–Crippen MR) is 109 cm³/mol. The third-order valence-corrected chi connectivity index (χ3v) is 5.14. The SMILES string of the molecule is C=C[C@@H]1C=CC2(OC3=C(c4ccc(O)cc4)C(=O)C(=O)C(c4ccc(O)cc4)=C3O2)O1. The highest BCUT2D eigenvalue weighted by molar-refractivity contribution is 6.66. The van der Waals surface area contributed by atoms with Crippen LogP contribution in [0.15, 0.2) is 84.9 Å². The topological polar surface area (TPSA) is 102 Å². The summed E-state index contributed by atoms with van der Waals surface area (Å²) in [6.07, 6.45) is 4.33. The summed E-state index contributed by atoms with van der Waals surface area (Å²) < 4.78 is 17.8. The first kappa shape index (κ1) is 18.9. The van der Waals surface area contributed by atoms with Crippen LogP contribution in [0.25, 0.3) is 11.1 Å². The quantitative estimate of drug-likeness (QED) is 0.450. The molecular formula is C24H16O7. The lowest BCUT2D eigenvalue weighted by Gasteiger charge is -2.20. The number of rotatable bonds is 3. The van der Waals surface area contributed by atoms with Crippen molar-refractivity contribution in [3.8, 4) is 11.5 Å². The highest BCUT2D eigenvalue weighted by Crippen LogP contribution is 2.49. The Labute approximate surface area is 176 Å². The molecule has 2 aromatic rings. The van der Waals surface area contributed by atoms with Crippen LogP contribution >= 0.6 is 0 Å². The second kappa shape index (κ2) is 6.72. The molecule has 7 nitrogen and oxygen atoms in total. The maximum Gasteiger partial charge on any atom is 0.395 e. The van der Waals surface area contributed by atoms with E-state index in [0.717, 1.165) is 0 Å². The van der Waals surface area contributed by atoms with Crippen molar-refractivity contribution in [2.24, 2.45) is 0 Å². The minimum Gasteiger partial charge on any atom is -0.508 e. The Morgan fingerprint density at radius 1 is 0.806 bits per heavy atom. The van der Waals surface area contributed by atoms with Crippen LogP contribution in [-0.4, -0.2) is 33.9 Å². The lowest BCUT2D eigenvalue weighted by atomic mass is 9.85. The summed E-state index contributed by atoms with van der Waals surface area (Å²) in [7, 11) is 0. The number of Topliss-reactive ketones (excluding diaryl/α,β-unsaturated/α-hetero) is 2. The van der Waals surface area contributed by atoms with Crippen molar-refractivity contribution >= 4 is 22.7 Å². The molecule has 0 aromatic heterocycles. The summed E-state index contributed by atoms with van der Waals surface area (Å²) in [6, 6.07) is 11.7. The van der Waals surface area contributed by atoms with Crippen LogP contribution in [0.5, 0.6) is 11.5 Å². The number of ether oxygens (including phenoxy) is 3. The molecule has 3 aliphatic rings. The lowest BCUT2D eigenvalue weighted by molar-refractivity contribution is -0.279. The number of hydrogen-bond donors (Lipinski definition) is 2. The van der Waals surface area contributed by atoms with E-state index in [1.54, 1.807) is 18.2 Å². The van der Waals surface area contributed by atoms with Gasteiger partial charge >= 0.3 is 5.97 Å². The fourth-order valence-corrected chi connectivity index (χ4v) is 3.66. The van der Waals surface area contributed by atoms with Crippen molar-refractivity contribution < 1.29 is 34.0 Å². The van der Waals surface area contributed by atoms with Crippen molar-refractivity contribution in [2.75, 3.05) is 0 Å². The molecule has 1 atom stereocenters. The lowest BCUT2D eigenvalue weighted by Crippen LogP contribution is -2.29. The van der Waals surface area contributed by atoms with Gasteiger partial charge in [0.2, 0.25) is 11.6 Å². The number of ketones is 2. The van der Waals surface area contributed by atoms with Gasteiger partial charge in [-0.3, -0.25) is 14.3 Å². The molecule has 1 saturated heterocycles. The molecule has 1 spiro atoms. The number of benzene rings is 2. The van der Waals surface area contributed by atoms with E-state index in [4.69, 9.17) is 14.2 Å². The van der Waals surface area contributed by atoms with Crippen LogP contribution < -0.4 is 0 Å². The molecule has 5 rings (SSSR count). The summed E-state index contributed by atoms with van der Waals surface area (Å²) in [5, 5.41) is 19.2. The molecule has 1 fully saturated rings. The Morgan fingerprint density at radius 3 is 1.65 bits per heavy atom. The largest absolute Gasteiger partial charge is 0.508 e. The first-order chi connectivity index (χ1) is 14.9. The predicted octanol–water partition coefficient (Wildman–Crippen LogP) is 3.21. The highest BCUT2D eigenvalue weighted by Gasteiger charge is 2.53. The summed E-state index contributed by atoms with van der Waals surface area (Å²) in [5.74, 6) is -3.05. The molecule has 2 aliphatic heterocycles. The molecule has 2 N–H and O–H groups in total. The number of phenolic OH excluding ortho intramolecular Hbond substituents is 2. The van der Waals surface area contributed by atoms with E-state index in [1.165, 1.54) is 48.5 Å². The van der Waals surface area contributed by atoms with Crippen LogP contribution in [0.3, 0.4) is 0 Å². The van der Waals surface area contributed by atoms with Gasteiger partial charge in [0.15, 0.2) is 11.5 Å². The molecule has 2 aromatic carbocycles. The molecule has 154 valence electrons. The van der Waals surface area contributed by atoms with Gasteiger partial charge in [-0.2, -0.15) is 0 Å². The van der Waals surface area contributed by atoms with E-state index in [-0.39, 0.29) is 34.2 Å². The third-order valence-electron chi connectivity index (χ3n) is 5.14. The first-order valence-electron chi connectivity index (χ1n) is 9.45. The molecule has 0 unspecified atom stereocenters. The molecule has 2 heterocycles. The zero-order valence-electron chi connectivity index (χ0n) is 16.1. The van der Waals surface area contributed by atoms with Gasteiger partial charge in [0, 0.05) is 6.08 Å². The molecule has 1 aliphatic carbocycles. The fourth-order valence-electron chi connectivity index (χ4n) is 3.66. The van der Waals surface area contributed by atoms with Crippen LogP contribution in [-0.2, 0) is 23.8 Å². The molecule has 0 bridgehead atoms. The van der Waals surface area contributed by atoms with Gasteiger partial charge < -0.3 is 19.7 Å². The molecule has 7 heteroatoms. The van der Waals surface area contributed by atoms with Gasteiger partial charge in [-0.15, -0.1) is 6.58 Å². The molecule has 0 radical (unpaired) electrons.